The van der Waals surface area contributed by atoms with E-state index in [1.54, 1.807) is 0 Å². The largest absolute Gasteiger partial charge is 0.312 e. The molecule has 3 aliphatic rings. The highest BCUT2D eigenvalue weighted by atomic mass is 15.3. The summed E-state index contributed by atoms with van der Waals surface area (Å²) in [4.78, 5) is 2.65. The van der Waals surface area contributed by atoms with E-state index in [0.717, 1.165) is 25.4 Å². The quantitative estimate of drug-likeness (QED) is 0.565. The van der Waals surface area contributed by atoms with Gasteiger partial charge in [0.2, 0.25) is 0 Å². The second-order valence-electron chi connectivity index (χ2n) is 9.50. The molecule has 0 radical (unpaired) electrons. The highest BCUT2D eigenvalue weighted by Gasteiger charge is 2.57. The molecule has 5 atom stereocenters. The zero-order chi connectivity index (χ0) is 21.3. The van der Waals surface area contributed by atoms with Crippen molar-refractivity contribution in [2.45, 2.75) is 37.8 Å². The minimum atomic E-state index is -0.396. The minimum absolute atomic E-state index is 0.157. The Morgan fingerprint density at radius 1 is 0.871 bits per heavy atom. The van der Waals surface area contributed by atoms with Gasteiger partial charge in [-0.25, -0.2) is 0 Å². The maximum absolute atomic E-state index is 7.69. The number of fused-ring (bicyclic) bond motifs is 3. The van der Waals surface area contributed by atoms with Gasteiger partial charge in [0.1, 0.15) is 0 Å². The first-order chi connectivity index (χ1) is 15.2. The molecular weight excluding hydrogens is 376 g/mol. The summed E-state index contributed by atoms with van der Waals surface area (Å²) in [6, 6.07) is 32.9. The molecule has 2 heteroatoms. The highest BCUT2D eigenvalue weighted by molar-refractivity contribution is 5.38. The fourth-order valence-corrected chi connectivity index (χ4v) is 6.54. The molecule has 160 valence electrons. The van der Waals surface area contributed by atoms with E-state index in [2.05, 4.69) is 103 Å². The lowest BCUT2D eigenvalue weighted by Gasteiger charge is -2.63. The molecule has 0 saturated carbocycles. The Kier molecular flexibility index (Phi) is 5.69. The molecule has 3 aliphatic heterocycles. The van der Waals surface area contributed by atoms with Gasteiger partial charge in [-0.15, -0.1) is 0 Å². The van der Waals surface area contributed by atoms with Crippen LogP contribution >= 0.6 is 0 Å². The first-order valence-corrected chi connectivity index (χ1v) is 11.9. The van der Waals surface area contributed by atoms with Crippen LogP contribution in [0.15, 0.2) is 91.0 Å². The summed E-state index contributed by atoms with van der Waals surface area (Å²) in [5, 5.41) is 0. The van der Waals surface area contributed by atoms with Gasteiger partial charge >= 0.3 is 0 Å². The van der Waals surface area contributed by atoms with Gasteiger partial charge in [0, 0.05) is 19.0 Å². The Morgan fingerprint density at radius 3 is 1.97 bits per heavy atom. The number of hydrogen-bond acceptors (Lipinski definition) is 2. The predicted molar refractivity (Wildman–Crippen MR) is 129 cm³/mol. The van der Waals surface area contributed by atoms with Crippen molar-refractivity contribution in [3.05, 3.63) is 108 Å². The molecule has 6 rings (SSSR count). The maximum atomic E-state index is 7.69. The first kappa shape index (κ1) is 20.5. The highest BCUT2D eigenvalue weighted by Crippen LogP contribution is 2.53. The van der Waals surface area contributed by atoms with Gasteiger partial charge in [-0.2, -0.15) is 0 Å². The molecule has 5 unspecified atom stereocenters. The van der Waals surface area contributed by atoms with Crippen LogP contribution < -0.4 is 5.73 Å². The average molecular weight is 411 g/mol. The van der Waals surface area contributed by atoms with Gasteiger partial charge in [-0.1, -0.05) is 104 Å². The topological polar surface area (TPSA) is 29.3 Å². The fraction of sp³-hybridized carbons (Fsp3) is 0.379. The summed E-state index contributed by atoms with van der Waals surface area (Å²) in [5.74, 6) is 2.00. The number of benzene rings is 3. The number of nitrogens with two attached hydrogens (primary N) is 1. The van der Waals surface area contributed by atoms with E-state index in [1.807, 2.05) is 0 Å². The molecular formula is C29H34N2. The molecule has 0 spiro atoms. The van der Waals surface area contributed by atoms with E-state index in [1.165, 1.54) is 29.5 Å². The second kappa shape index (κ2) is 8.61. The second-order valence-corrected chi connectivity index (χ2v) is 9.50. The molecule has 3 aromatic rings. The minimum Gasteiger partial charge on any atom is -0.312 e. The molecule has 2 nitrogen and oxygen atoms in total. The lowest BCUT2D eigenvalue weighted by atomic mass is 9.58. The normalized spacial score (nSPS) is 29.9. The van der Waals surface area contributed by atoms with Gasteiger partial charge in [0.15, 0.2) is 0 Å². The average Bonchev–Trinajstić information content (AvgIpc) is 2.83. The Morgan fingerprint density at radius 2 is 1.42 bits per heavy atom. The summed E-state index contributed by atoms with van der Waals surface area (Å²) in [7, 11) is 0. The Hall–Kier alpha value is -2.42. The Bertz CT molecular complexity index is 932. The molecule has 0 amide bonds. The van der Waals surface area contributed by atoms with Crippen molar-refractivity contribution in [1.29, 1.82) is 0 Å². The lowest BCUT2D eigenvalue weighted by molar-refractivity contribution is -0.123. The summed E-state index contributed by atoms with van der Waals surface area (Å²) in [6.07, 6.45) is 3.56. The molecule has 0 aromatic heterocycles. The van der Waals surface area contributed by atoms with Crippen molar-refractivity contribution in [1.82, 2.24) is 4.90 Å². The maximum Gasteiger partial charge on any atom is 0.0834 e. The van der Waals surface area contributed by atoms with Crippen LogP contribution in [0.1, 0.15) is 42.4 Å². The first-order valence-electron chi connectivity index (χ1n) is 11.9. The van der Waals surface area contributed by atoms with E-state index >= 15 is 0 Å². The van der Waals surface area contributed by atoms with Gasteiger partial charge in [0.25, 0.3) is 0 Å². The van der Waals surface area contributed by atoms with Crippen LogP contribution in [0.5, 0.6) is 0 Å². The summed E-state index contributed by atoms with van der Waals surface area (Å²) < 4.78 is 0. The molecule has 0 aliphatic carbocycles. The standard InChI is InChI=1S/C29H34N2/c1-2-23-21-31-19-18-26(23)27(20-22-12-6-3-7-13-22)29(31,30)28(24-14-8-4-9-15-24)25-16-10-5-11-17-25/h3-17,23,26-28H,2,18-21,30H2,1H3. The summed E-state index contributed by atoms with van der Waals surface area (Å²) >= 11 is 0. The smallest absolute Gasteiger partial charge is 0.0834 e. The van der Waals surface area contributed by atoms with E-state index in [0.29, 0.717) is 11.8 Å². The predicted octanol–water partition coefficient (Wildman–Crippen LogP) is 5.69. The van der Waals surface area contributed by atoms with E-state index in [9.17, 15) is 0 Å². The van der Waals surface area contributed by atoms with Crippen LogP contribution in [0.25, 0.3) is 0 Å². The van der Waals surface area contributed by atoms with Crippen LogP contribution in [-0.2, 0) is 6.42 Å². The third-order valence-electron chi connectivity index (χ3n) is 8.00. The van der Waals surface area contributed by atoms with Crippen molar-refractivity contribution in [2.75, 3.05) is 13.1 Å². The van der Waals surface area contributed by atoms with Crippen LogP contribution in [0.2, 0.25) is 0 Å². The molecule has 3 aromatic carbocycles. The Balaban J connectivity index is 1.65. The SMILES string of the molecule is CCC1CN2CCC1C(Cc1ccccc1)C2(N)C(c1ccccc1)c1ccccc1. The van der Waals surface area contributed by atoms with E-state index < -0.39 is 5.66 Å². The Labute approximate surface area is 187 Å². The van der Waals surface area contributed by atoms with Gasteiger partial charge in [-0.3, -0.25) is 4.90 Å². The number of hydrogen-bond donors (Lipinski definition) is 1. The monoisotopic (exact) mass is 410 g/mol. The van der Waals surface area contributed by atoms with Crippen molar-refractivity contribution in [2.24, 2.45) is 23.5 Å². The number of piperidine rings is 3. The zero-order valence-electron chi connectivity index (χ0n) is 18.5. The summed E-state index contributed by atoms with van der Waals surface area (Å²) in [6.45, 7) is 4.59. The van der Waals surface area contributed by atoms with Crippen LogP contribution in [0.4, 0.5) is 0 Å². The molecule has 3 saturated heterocycles. The third kappa shape index (κ3) is 3.62. The van der Waals surface area contributed by atoms with Crippen LogP contribution in [-0.4, -0.2) is 23.7 Å². The van der Waals surface area contributed by atoms with Crippen molar-refractivity contribution >= 4 is 0 Å². The molecule has 3 fully saturated rings. The summed E-state index contributed by atoms with van der Waals surface area (Å²) in [5.41, 5.74) is 11.4. The van der Waals surface area contributed by atoms with E-state index in [-0.39, 0.29) is 5.92 Å². The lowest BCUT2D eigenvalue weighted by Crippen LogP contribution is -2.74. The van der Waals surface area contributed by atoms with Crippen LogP contribution in [0.3, 0.4) is 0 Å². The molecule has 31 heavy (non-hydrogen) atoms. The van der Waals surface area contributed by atoms with Gasteiger partial charge in [0.05, 0.1) is 5.66 Å². The fourth-order valence-electron chi connectivity index (χ4n) is 6.54. The third-order valence-corrected chi connectivity index (χ3v) is 8.00. The number of nitrogens with zero attached hydrogens (tertiary/aromatic N) is 1. The van der Waals surface area contributed by atoms with Crippen molar-refractivity contribution in [3.8, 4) is 0 Å². The van der Waals surface area contributed by atoms with Crippen LogP contribution in [0, 0.1) is 17.8 Å². The van der Waals surface area contributed by atoms with Crippen molar-refractivity contribution in [3.63, 3.8) is 0 Å². The molecule has 2 N–H and O–H groups in total. The molecule has 2 bridgehead atoms. The van der Waals surface area contributed by atoms with E-state index in [4.69, 9.17) is 5.73 Å². The van der Waals surface area contributed by atoms with Gasteiger partial charge < -0.3 is 5.73 Å². The molecule has 3 heterocycles. The van der Waals surface area contributed by atoms with Gasteiger partial charge in [-0.05, 0) is 47.3 Å². The van der Waals surface area contributed by atoms with Crippen molar-refractivity contribution < 1.29 is 0 Å². The zero-order valence-corrected chi connectivity index (χ0v) is 18.5. The number of rotatable bonds is 6.